The number of hydrogen-bond donors (Lipinski definition) is 0. The zero-order valence-electron chi connectivity index (χ0n) is 7.86. The van der Waals surface area contributed by atoms with Crippen LogP contribution in [-0.4, -0.2) is 17.1 Å². The molecular weight excluding hydrogens is 152 g/mol. The lowest BCUT2D eigenvalue weighted by molar-refractivity contribution is 0.0986. The van der Waals surface area contributed by atoms with Crippen molar-refractivity contribution in [1.29, 1.82) is 0 Å². The first kappa shape index (κ1) is 9.27. The number of hydrogen-bond acceptors (Lipinski definition) is 1. The maximum atomic E-state index is 5.41. The van der Waals surface area contributed by atoms with E-state index in [0.29, 0.717) is 5.41 Å². The molecule has 11 heavy (non-hydrogen) atoms. The molecule has 0 spiro atoms. The van der Waals surface area contributed by atoms with Crippen LogP contribution in [0, 0.1) is 5.41 Å². The highest BCUT2D eigenvalue weighted by atomic mass is 28.2. The molecule has 0 aromatic rings. The monoisotopic (exact) mass is 172 g/mol. The summed E-state index contributed by atoms with van der Waals surface area (Å²) >= 11 is 0. The first-order valence-electron chi connectivity index (χ1n) is 4.82. The van der Waals surface area contributed by atoms with Crippen molar-refractivity contribution in [3.63, 3.8) is 0 Å². The Balaban J connectivity index is 2.42. The molecule has 0 aromatic carbocycles. The second kappa shape index (κ2) is 4.26. The van der Waals surface area contributed by atoms with Crippen LogP contribution in [-0.2, 0) is 4.43 Å². The van der Waals surface area contributed by atoms with Gasteiger partial charge < -0.3 is 4.43 Å². The van der Waals surface area contributed by atoms with Crippen LogP contribution in [0.25, 0.3) is 0 Å². The Morgan fingerprint density at radius 3 is 2.36 bits per heavy atom. The lowest BCUT2D eigenvalue weighted by atomic mass is 9.73. The predicted octanol–water partition coefficient (Wildman–Crippen LogP) is 1.64. The predicted molar refractivity (Wildman–Crippen MR) is 51.7 cm³/mol. The molecule has 0 atom stereocenters. The molecule has 0 amide bonds. The van der Waals surface area contributed by atoms with Gasteiger partial charge in [0.15, 0.2) is 0 Å². The minimum atomic E-state index is 0.583. The third-order valence-corrected chi connectivity index (χ3v) is 3.40. The summed E-state index contributed by atoms with van der Waals surface area (Å²) in [6.45, 7) is 3.35. The van der Waals surface area contributed by atoms with E-state index in [1.165, 1.54) is 38.5 Å². The van der Waals surface area contributed by atoms with E-state index in [-0.39, 0.29) is 0 Å². The van der Waals surface area contributed by atoms with Gasteiger partial charge in [0.25, 0.3) is 0 Å². The van der Waals surface area contributed by atoms with Gasteiger partial charge in [-0.2, -0.15) is 0 Å². The highest BCUT2D eigenvalue weighted by molar-refractivity contribution is 5.97. The molecule has 2 heteroatoms. The van der Waals surface area contributed by atoms with Crippen LogP contribution < -0.4 is 0 Å². The molecule has 1 aliphatic rings. The molecule has 0 N–H and O–H groups in total. The van der Waals surface area contributed by atoms with E-state index in [9.17, 15) is 0 Å². The fraction of sp³-hybridized carbons (Fsp3) is 1.00. The third kappa shape index (κ3) is 2.31. The SMILES string of the molecule is CCC1(CO[SiH3])CCCCC1. The lowest BCUT2D eigenvalue weighted by Gasteiger charge is -2.35. The van der Waals surface area contributed by atoms with Gasteiger partial charge in [0, 0.05) is 6.61 Å². The van der Waals surface area contributed by atoms with Gasteiger partial charge in [-0.05, 0) is 24.7 Å². The van der Waals surface area contributed by atoms with Crippen LogP contribution in [0.2, 0.25) is 0 Å². The quantitative estimate of drug-likeness (QED) is 0.588. The van der Waals surface area contributed by atoms with Crippen LogP contribution >= 0.6 is 0 Å². The standard InChI is InChI=1S/C9H20OSi/c1-2-9(8-10-11)6-4-3-5-7-9/h2-8H2,1,11H3. The van der Waals surface area contributed by atoms with Crippen molar-refractivity contribution in [3.8, 4) is 0 Å². The zero-order chi connectivity index (χ0) is 8.16. The van der Waals surface area contributed by atoms with Crippen molar-refractivity contribution >= 4 is 10.5 Å². The Hall–Kier alpha value is 0.177. The van der Waals surface area contributed by atoms with Crippen LogP contribution in [0.1, 0.15) is 45.4 Å². The average molecular weight is 172 g/mol. The molecule has 0 heterocycles. The third-order valence-electron chi connectivity index (χ3n) is 3.11. The summed E-state index contributed by atoms with van der Waals surface area (Å²) < 4.78 is 5.41. The molecule has 1 saturated carbocycles. The summed E-state index contributed by atoms with van der Waals surface area (Å²) in [5.41, 5.74) is 0.583. The van der Waals surface area contributed by atoms with Gasteiger partial charge in [-0.25, -0.2) is 0 Å². The van der Waals surface area contributed by atoms with Crippen molar-refractivity contribution in [3.05, 3.63) is 0 Å². The van der Waals surface area contributed by atoms with Gasteiger partial charge >= 0.3 is 0 Å². The summed E-state index contributed by atoms with van der Waals surface area (Å²) in [6, 6.07) is 0. The first-order chi connectivity index (χ1) is 5.33. The van der Waals surface area contributed by atoms with E-state index in [1.54, 1.807) is 0 Å². The van der Waals surface area contributed by atoms with Gasteiger partial charge in [-0.15, -0.1) is 0 Å². The van der Waals surface area contributed by atoms with Gasteiger partial charge in [-0.1, -0.05) is 26.2 Å². The smallest absolute Gasteiger partial charge is 0.145 e. The fourth-order valence-corrected chi connectivity index (χ4v) is 2.82. The van der Waals surface area contributed by atoms with Crippen molar-refractivity contribution in [2.75, 3.05) is 6.61 Å². The lowest BCUT2D eigenvalue weighted by Crippen LogP contribution is -2.28. The topological polar surface area (TPSA) is 9.23 Å². The number of rotatable bonds is 3. The van der Waals surface area contributed by atoms with Crippen molar-refractivity contribution in [1.82, 2.24) is 0 Å². The molecule has 66 valence electrons. The normalized spacial score (nSPS) is 23.7. The second-order valence-corrected chi connectivity index (χ2v) is 4.42. The van der Waals surface area contributed by atoms with Gasteiger partial charge in [0.1, 0.15) is 10.5 Å². The summed E-state index contributed by atoms with van der Waals surface area (Å²) in [6.07, 6.45) is 8.44. The molecule has 0 unspecified atom stereocenters. The molecule has 0 saturated heterocycles. The minimum Gasteiger partial charge on any atom is -0.427 e. The fourth-order valence-electron chi connectivity index (χ4n) is 2.21. The molecule has 1 aliphatic carbocycles. The maximum absolute atomic E-state index is 5.41. The first-order valence-corrected chi connectivity index (χ1v) is 5.63. The van der Waals surface area contributed by atoms with Crippen LogP contribution in [0.5, 0.6) is 0 Å². The maximum Gasteiger partial charge on any atom is 0.145 e. The highest BCUT2D eigenvalue weighted by Crippen LogP contribution is 2.38. The summed E-state index contributed by atoms with van der Waals surface area (Å²) in [5.74, 6) is 0. The van der Waals surface area contributed by atoms with Gasteiger partial charge in [-0.3, -0.25) is 0 Å². The molecular formula is C9H20OSi. The zero-order valence-corrected chi connectivity index (χ0v) is 9.86. The molecule has 0 radical (unpaired) electrons. The Bertz CT molecular complexity index is 103. The second-order valence-electron chi connectivity index (χ2n) is 3.85. The van der Waals surface area contributed by atoms with Crippen molar-refractivity contribution in [2.45, 2.75) is 45.4 Å². The molecule has 1 nitrogen and oxygen atoms in total. The minimum absolute atomic E-state index is 0.583. The van der Waals surface area contributed by atoms with Crippen LogP contribution in [0.15, 0.2) is 0 Å². The molecule has 0 bridgehead atoms. The van der Waals surface area contributed by atoms with Gasteiger partial charge in [0.05, 0.1) is 0 Å². The summed E-state index contributed by atoms with van der Waals surface area (Å²) in [7, 11) is 0.910. The molecule has 0 aliphatic heterocycles. The average Bonchev–Trinajstić information content (AvgIpc) is 2.07. The Labute approximate surface area is 73.1 Å². The van der Waals surface area contributed by atoms with Gasteiger partial charge in [0.2, 0.25) is 0 Å². The van der Waals surface area contributed by atoms with Crippen LogP contribution in [0.3, 0.4) is 0 Å². The molecule has 0 aromatic heterocycles. The van der Waals surface area contributed by atoms with E-state index < -0.39 is 0 Å². The highest BCUT2D eigenvalue weighted by Gasteiger charge is 2.29. The summed E-state index contributed by atoms with van der Waals surface area (Å²) in [5, 5.41) is 0. The Kier molecular flexibility index (Phi) is 3.59. The van der Waals surface area contributed by atoms with Crippen molar-refractivity contribution in [2.24, 2.45) is 5.41 Å². The largest absolute Gasteiger partial charge is 0.427 e. The van der Waals surface area contributed by atoms with E-state index in [0.717, 1.165) is 17.1 Å². The van der Waals surface area contributed by atoms with Crippen LogP contribution in [0.4, 0.5) is 0 Å². The summed E-state index contributed by atoms with van der Waals surface area (Å²) in [4.78, 5) is 0. The van der Waals surface area contributed by atoms with E-state index >= 15 is 0 Å². The van der Waals surface area contributed by atoms with Crippen molar-refractivity contribution < 1.29 is 4.43 Å². The van der Waals surface area contributed by atoms with E-state index in [2.05, 4.69) is 6.92 Å². The van der Waals surface area contributed by atoms with E-state index in [4.69, 9.17) is 4.43 Å². The Morgan fingerprint density at radius 2 is 1.91 bits per heavy atom. The molecule has 1 rings (SSSR count). The molecule has 1 fully saturated rings. The Morgan fingerprint density at radius 1 is 1.27 bits per heavy atom. The van der Waals surface area contributed by atoms with E-state index in [1.807, 2.05) is 0 Å².